The van der Waals surface area contributed by atoms with Gasteiger partial charge in [-0.2, -0.15) is 0 Å². The number of benzene rings is 1. The van der Waals surface area contributed by atoms with Gasteiger partial charge in [0.2, 0.25) is 5.91 Å². The molecule has 0 atom stereocenters. The number of nitrogens with zero attached hydrogens (tertiary/aromatic N) is 1. The Morgan fingerprint density at radius 2 is 1.96 bits per heavy atom. The van der Waals surface area contributed by atoms with Crippen LogP contribution in [0.3, 0.4) is 0 Å². The van der Waals surface area contributed by atoms with Gasteiger partial charge in [0.15, 0.2) is 0 Å². The highest BCUT2D eigenvalue weighted by atomic mass is 32.2. The number of aryl methyl sites for hydroxylation is 3. The van der Waals surface area contributed by atoms with Crippen molar-refractivity contribution in [2.24, 2.45) is 0 Å². The number of aromatic nitrogens is 1. The van der Waals surface area contributed by atoms with Crippen molar-refractivity contribution in [2.45, 2.75) is 39.1 Å². The van der Waals surface area contributed by atoms with Crippen LogP contribution in [0.5, 0.6) is 0 Å². The number of amides is 1. The van der Waals surface area contributed by atoms with Gasteiger partial charge in [-0.1, -0.05) is 30.3 Å². The molecule has 0 aliphatic carbocycles. The van der Waals surface area contributed by atoms with Gasteiger partial charge in [0.1, 0.15) is 11.6 Å². The Hall–Kier alpha value is -2.08. The lowest BCUT2D eigenvalue weighted by molar-refractivity contribution is -0.143. The second-order valence-corrected chi connectivity index (χ2v) is 6.79. The number of carbonyl (C=O) groups is 2. The van der Waals surface area contributed by atoms with Crippen molar-refractivity contribution in [3.63, 3.8) is 0 Å². The zero-order valence-corrected chi connectivity index (χ0v) is 16.0. The van der Waals surface area contributed by atoms with Crippen molar-refractivity contribution in [2.75, 3.05) is 18.9 Å². The summed E-state index contributed by atoms with van der Waals surface area (Å²) in [5.74, 6) is -0.414. The predicted octanol–water partition coefficient (Wildman–Crippen LogP) is 3.19. The SMILES string of the molecule is CCOC(=O)CNC(=O)CSc1nc2c(C)cc(C)cc2cc1CC. The molecular formula is C19H24N2O3S. The number of hydrogen-bond acceptors (Lipinski definition) is 5. The van der Waals surface area contributed by atoms with E-state index in [0.717, 1.165) is 33.5 Å². The van der Waals surface area contributed by atoms with Crippen LogP contribution >= 0.6 is 11.8 Å². The van der Waals surface area contributed by atoms with E-state index in [1.165, 1.54) is 17.3 Å². The average Bonchev–Trinajstić information content (AvgIpc) is 2.57. The fourth-order valence-electron chi connectivity index (χ4n) is 2.62. The number of pyridine rings is 1. The molecule has 134 valence electrons. The number of rotatable bonds is 7. The lowest BCUT2D eigenvalue weighted by Crippen LogP contribution is -2.31. The number of hydrogen-bond donors (Lipinski definition) is 1. The summed E-state index contributed by atoms with van der Waals surface area (Å²) in [5, 5.41) is 4.57. The molecule has 25 heavy (non-hydrogen) atoms. The number of thioether (sulfide) groups is 1. The Bertz CT molecular complexity index is 790. The maximum atomic E-state index is 11.9. The molecule has 2 rings (SSSR count). The Kier molecular flexibility index (Phi) is 6.82. The summed E-state index contributed by atoms with van der Waals surface area (Å²) in [6.45, 7) is 8.15. The predicted molar refractivity (Wildman–Crippen MR) is 101 cm³/mol. The van der Waals surface area contributed by atoms with Crippen molar-refractivity contribution >= 4 is 34.5 Å². The van der Waals surface area contributed by atoms with E-state index in [4.69, 9.17) is 9.72 Å². The van der Waals surface area contributed by atoms with E-state index in [0.29, 0.717) is 6.61 Å². The molecule has 1 amide bonds. The zero-order chi connectivity index (χ0) is 18.4. The van der Waals surface area contributed by atoms with Gasteiger partial charge >= 0.3 is 5.97 Å². The van der Waals surface area contributed by atoms with Crippen molar-refractivity contribution in [3.8, 4) is 0 Å². The Morgan fingerprint density at radius 1 is 1.20 bits per heavy atom. The monoisotopic (exact) mass is 360 g/mol. The van der Waals surface area contributed by atoms with Crippen LogP contribution in [0.1, 0.15) is 30.5 Å². The third kappa shape index (κ3) is 5.19. The minimum atomic E-state index is -0.426. The third-order valence-electron chi connectivity index (χ3n) is 3.75. The summed E-state index contributed by atoms with van der Waals surface area (Å²) in [5.41, 5.74) is 4.44. The normalized spacial score (nSPS) is 10.7. The fourth-order valence-corrected chi connectivity index (χ4v) is 3.54. The molecule has 0 radical (unpaired) electrons. The molecule has 1 aromatic heterocycles. The second-order valence-electron chi connectivity index (χ2n) is 5.83. The van der Waals surface area contributed by atoms with Gasteiger partial charge < -0.3 is 10.1 Å². The summed E-state index contributed by atoms with van der Waals surface area (Å²) < 4.78 is 4.79. The fraction of sp³-hybridized carbons (Fsp3) is 0.421. The highest BCUT2D eigenvalue weighted by molar-refractivity contribution is 7.99. The van der Waals surface area contributed by atoms with Gasteiger partial charge in [0.25, 0.3) is 0 Å². The van der Waals surface area contributed by atoms with Crippen molar-refractivity contribution in [1.29, 1.82) is 0 Å². The lowest BCUT2D eigenvalue weighted by atomic mass is 10.0. The van der Waals surface area contributed by atoms with Gasteiger partial charge in [-0.05, 0) is 50.5 Å². The lowest BCUT2D eigenvalue weighted by Gasteiger charge is -2.11. The average molecular weight is 360 g/mol. The molecule has 0 unspecified atom stereocenters. The summed E-state index contributed by atoms with van der Waals surface area (Å²) >= 11 is 1.40. The number of nitrogens with one attached hydrogen (secondary N) is 1. The molecule has 0 aliphatic rings. The second kappa shape index (κ2) is 8.85. The number of carbonyl (C=O) groups excluding carboxylic acids is 2. The first-order valence-electron chi connectivity index (χ1n) is 8.40. The van der Waals surface area contributed by atoms with Crippen LogP contribution in [-0.4, -0.2) is 35.8 Å². The van der Waals surface area contributed by atoms with Crippen LogP contribution in [0.2, 0.25) is 0 Å². The highest BCUT2D eigenvalue weighted by Crippen LogP contribution is 2.27. The number of esters is 1. The Labute approximate surface area is 152 Å². The van der Waals surface area contributed by atoms with Crippen LogP contribution in [0.25, 0.3) is 10.9 Å². The Balaban J connectivity index is 2.09. The van der Waals surface area contributed by atoms with Gasteiger partial charge in [0.05, 0.1) is 17.9 Å². The first-order chi connectivity index (χ1) is 11.9. The molecule has 6 heteroatoms. The van der Waals surface area contributed by atoms with E-state index in [1.54, 1.807) is 6.92 Å². The molecule has 0 aliphatic heterocycles. The third-order valence-corrected chi connectivity index (χ3v) is 4.78. The number of ether oxygens (including phenoxy) is 1. The molecule has 5 nitrogen and oxygen atoms in total. The first-order valence-corrected chi connectivity index (χ1v) is 9.39. The Morgan fingerprint density at radius 3 is 2.64 bits per heavy atom. The van der Waals surface area contributed by atoms with E-state index in [1.807, 2.05) is 0 Å². The zero-order valence-electron chi connectivity index (χ0n) is 15.1. The molecular weight excluding hydrogens is 336 g/mol. The van der Waals surface area contributed by atoms with Crippen molar-refractivity contribution in [3.05, 3.63) is 34.9 Å². The maximum absolute atomic E-state index is 11.9. The summed E-state index contributed by atoms with van der Waals surface area (Å²) in [7, 11) is 0. The van der Waals surface area contributed by atoms with E-state index in [2.05, 4.69) is 44.3 Å². The molecule has 0 spiro atoms. The van der Waals surface area contributed by atoms with E-state index >= 15 is 0 Å². The van der Waals surface area contributed by atoms with Crippen LogP contribution in [0.4, 0.5) is 0 Å². The molecule has 1 N–H and O–H groups in total. The van der Waals surface area contributed by atoms with E-state index in [-0.39, 0.29) is 18.2 Å². The van der Waals surface area contributed by atoms with Crippen LogP contribution in [-0.2, 0) is 20.7 Å². The van der Waals surface area contributed by atoms with Crippen LogP contribution in [0, 0.1) is 13.8 Å². The molecule has 0 saturated carbocycles. The highest BCUT2D eigenvalue weighted by Gasteiger charge is 2.12. The minimum Gasteiger partial charge on any atom is -0.465 e. The molecule has 2 aromatic rings. The van der Waals surface area contributed by atoms with Crippen molar-refractivity contribution < 1.29 is 14.3 Å². The summed E-state index contributed by atoms with van der Waals surface area (Å²) in [6, 6.07) is 6.40. The summed E-state index contributed by atoms with van der Waals surface area (Å²) in [4.78, 5) is 28.0. The molecule has 0 fully saturated rings. The minimum absolute atomic E-state index is 0.0998. The molecule has 0 bridgehead atoms. The largest absolute Gasteiger partial charge is 0.465 e. The van der Waals surface area contributed by atoms with E-state index in [9.17, 15) is 9.59 Å². The standard InChI is InChI=1S/C19H24N2O3S/c1-5-14-9-15-8-12(3)7-13(4)18(15)21-19(14)25-11-16(22)20-10-17(23)24-6-2/h7-9H,5-6,10-11H2,1-4H3,(H,20,22). The number of fused-ring (bicyclic) bond motifs is 1. The molecule has 0 saturated heterocycles. The van der Waals surface area contributed by atoms with Gasteiger partial charge in [-0.3, -0.25) is 9.59 Å². The van der Waals surface area contributed by atoms with Gasteiger partial charge in [0, 0.05) is 5.39 Å². The quantitative estimate of drug-likeness (QED) is 0.607. The first kappa shape index (κ1) is 19.2. The topological polar surface area (TPSA) is 68.3 Å². The summed E-state index contributed by atoms with van der Waals surface area (Å²) in [6.07, 6.45) is 0.850. The maximum Gasteiger partial charge on any atom is 0.325 e. The van der Waals surface area contributed by atoms with E-state index < -0.39 is 5.97 Å². The molecule has 1 heterocycles. The van der Waals surface area contributed by atoms with Crippen molar-refractivity contribution in [1.82, 2.24) is 10.3 Å². The van der Waals surface area contributed by atoms with Crippen LogP contribution in [0.15, 0.2) is 23.2 Å². The molecule has 1 aromatic carbocycles. The smallest absolute Gasteiger partial charge is 0.325 e. The van der Waals surface area contributed by atoms with Gasteiger partial charge in [-0.25, -0.2) is 4.98 Å². The van der Waals surface area contributed by atoms with Gasteiger partial charge in [-0.15, -0.1) is 0 Å². The van der Waals surface area contributed by atoms with Crippen LogP contribution < -0.4 is 5.32 Å².